The molecule has 1 fully saturated rings. The first-order valence-corrected chi connectivity index (χ1v) is 9.96. The van der Waals surface area contributed by atoms with Crippen LogP contribution in [0.2, 0.25) is 0 Å². The largest absolute Gasteiger partial charge is 0.359 e. The second-order valence-corrected chi connectivity index (χ2v) is 8.79. The smallest absolute Gasteiger partial charge is 0.220 e. The minimum atomic E-state index is -3.12. The SMILES string of the molecule is CNC(=O)CC1CC2(CCN(S(C)(=O)=O)CC2)c2ccccc21. The quantitative estimate of drug-likeness (QED) is 0.912. The first-order valence-electron chi connectivity index (χ1n) is 8.11. The fourth-order valence-electron chi connectivity index (χ4n) is 4.25. The molecule has 126 valence electrons. The zero-order chi connectivity index (χ0) is 16.7. The molecule has 1 atom stereocenters. The van der Waals surface area contributed by atoms with E-state index in [1.54, 1.807) is 11.4 Å². The highest BCUT2D eigenvalue weighted by atomic mass is 32.2. The minimum Gasteiger partial charge on any atom is -0.359 e. The van der Waals surface area contributed by atoms with E-state index < -0.39 is 10.0 Å². The maximum absolute atomic E-state index is 11.8. The van der Waals surface area contributed by atoms with Crippen LogP contribution in [0.15, 0.2) is 24.3 Å². The minimum absolute atomic E-state index is 0.0243. The van der Waals surface area contributed by atoms with Gasteiger partial charge in [-0.15, -0.1) is 0 Å². The summed E-state index contributed by atoms with van der Waals surface area (Å²) in [4.78, 5) is 11.8. The van der Waals surface area contributed by atoms with E-state index in [4.69, 9.17) is 0 Å². The molecule has 1 unspecified atom stereocenters. The molecule has 0 bridgehead atoms. The van der Waals surface area contributed by atoms with E-state index >= 15 is 0 Å². The zero-order valence-corrected chi connectivity index (χ0v) is 14.5. The number of benzene rings is 1. The summed E-state index contributed by atoms with van der Waals surface area (Å²) in [6, 6.07) is 8.36. The summed E-state index contributed by atoms with van der Waals surface area (Å²) >= 11 is 0. The molecule has 1 saturated heterocycles. The van der Waals surface area contributed by atoms with Gasteiger partial charge in [0.2, 0.25) is 15.9 Å². The lowest BCUT2D eigenvalue weighted by molar-refractivity contribution is -0.121. The lowest BCUT2D eigenvalue weighted by Crippen LogP contribution is -2.44. The average Bonchev–Trinajstić information content (AvgIpc) is 2.81. The van der Waals surface area contributed by atoms with Crippen LogP contribution in [0.4, 0.5) is 0 Å². The fraction of sp³-hybridized carbons (Fsp3) is 0.588. The van der Waals surface area contributed by atoms with Crippen molar-refractivity contribution in [3.8, 4) is 0 Å². The van der Waals surface area contributed by atoms with Gasteiger partial charge in [-0.1, -0.05) is 24.3 Å². The monoisotopic (exact) mass is 336 g/mol. The Balaban J connectivity index is 1.86. The highest BCUT2D eigenvalue weighted by Crippen LogP contribution is 2.52. The molecule has 0 radical (unpaired) electrons. The van der Waals surface area contributed by atoms with Crippen LogP contribution in [0.3, 0.4) is 0 Å². The number of sulfonamides is 1. The van der Waals surface area contributed by atoms with Crippen molar-refractivity contribution in [1.29, 1.82) is 0 Å². The summed E-state index contributed by atoms with van der Waals surface area (Å²) in [6.45, 7) is 1.14. The van der Waals surface area contributed by atoms with Crippen molar-refractivity contribution in [3.63, 3.8) is 0 Å². The van der Waals surface area contributed by atoms with E-state index in [1.807, 2.05) is 12.1 Å². The molecule has 1 N–H and O–H groups in total. The Morgan fingerprint density at radius 3 is 2.57 bits per heavy atom. The standard InChI is InChI=1S/C17H24N2O3S/c1-18-16(20)11-13-12-17(15-6-4-3-5-14(13)15)7-9-19(10-8-17)23(2,21)22/h3-6,13H,7-12H2,1-2H3,(H,18,20). The van der Waals surface area contributed by atoms with Gasteiger partial charge in [0.05, 0.1) is 6.26 Å². The van der Waals surface area contributed by atoms with Gasteiger partial charge in [-0.2, -0.15) is 0 Å². The molecule has 1 spiro atoms. The number of piperidine rings is 1. The predicted octanol–water partition coefficient (Wildman–Crippen LogP) is 1.60. The molecule has 1 aromatic carbocycles. The lowest BCUT2D eigenvalue weighted by Gasteiger charge is -2.39. The highest BCUT2D eigenvalue weighted by Gasteiger charge is 2.46. The van der Waals surface area contributed by atoms with Gasteiger partial charge in [0.1, 0.15) is 0 Å². The zero-order valence-electron chi connectivity index (χ0n) is 13.7. The van der Waals surface area contributed by atoms with Crippen molar-refractivity contribution in [2.45, 2.75) is 37.0 Å². The van der Waals surface area contributed by atoms with Crippen molar-refractivity contribution in [2.24, 2.45) is 0 Å². The van der Waals surface area contributed by atoms with Crippen LogP contribution in [0.1, 0.15) is 42.7 Å². The lowest BCUT2D eigenvalue weighted by atomic mass is 9.73. The van der Waals surface area contributed by atoms with Gasteiger partial charge >= 0.3 is 0 Å². The first kappa shape index (κ1) is 16.5. The van der Waals surface area contributed by atoms with E-state index in [-0.39, 0.29) is 17.2 Å². The molecule has 6 heteroatoms. The third kappa shape index (κ3) is 3.02. The molecule has 23 heavy (non-hydrogen) atoms. The molecule has 0 saturated carbocycles. The summed E-state index contributed by atoms with van der Waals surface area (Å²) in [5.74, 6) is 0.298. The molecule has 0 aromatic heterocycles. The molecule has 1 amide bonds. The fourth-order valence-corrected chi connectivity index (χ4v) is 5.10. The highest BCUT2D eigenvalue weighted by molar-refractivity contribution is 7.88. The van der Waals surface area contributed by atoms with Crippen molar-refractivity contribution in [2.75, 3.05) is 26.4 Å². The number of hydrogen-bond donors (Lipinski definition) is 1. The molecule has 2 aliphatic rings. The van der Waals surface area contributed by atoms with Gasteiger partial charge in [0.25, 0.3) is 0 Å². The molecule has 1 heterocycles. The van der Waals surface area contributed by atoms with Crippen LogP contribution in [-0.2, 0) is 20.2 Å². The van der Waals surface area contributed by atoms with Crippen LogP contribution in [0.25, 0.3) is 0 Å². The number of nitrogens with zero attached hydrogens (tertiary/aromatic N) is 1. The first-order chi connectivity index (χ1) is 10.9. The Hall–Kier alpha value is -1.40. The van der Waals surface area contributed by atoms with Gasteiger partial charge in [-0.3, -0.25) is 4.79 Å². The van der Waals surface area contributed by atoms with Gasteiger partial charge in [-0.25, -0.2) is 12.7 Å². The summed E-state index contributed by atoms with van der Waals surface area (Å²) in [6.07, 6.45) is 4.40. The van der Waals surface area contributed by atoms with Gasteiger partial charge in [0.15, 0.2) is 0 Å². The number of fused-ring (bicyclic) bond motifs is 2. The molecule has 3 rings (SSSR count). The van der Waals surface area contributed by atoms with Crippen molar-refractivity contribution in [1.82, 2.24) is 9.62 Å². The molecule has 5 nitrogen and oxygen atoms in total. The van der Waals surface area contributed by atoms with E-state index in [9.17, 15) is 13.2 Å². The Morgan fingerprint density at radius 2 is 1.96 bits per heavy atom. The predicted molar refractivity (Wildman–Crippen MR) is 89.8 cm³/mol. The van der Waals surface area contributed by atoms with Crippen LogP contribution in [0, 0.1) is 0 Å². The molecule has 1 aliphatic heterocycles. The Morgan fingerprint density at radius 1 is 1.30 bits per heavy atom. The summed E-state index contributed by atoms with van der Waals surface area (Å²) in [5, 5.41) is 2.71. The van der Waals surface area contributed by atoms with Crippen LogP contribution in [0.5, 0.6) is 0 Å². The van der Waals surface area contributed by atoms with E-state index in [1.165, 1.54) is 17.4 Å². The number of rotatable bonds is 3. The second-order valence-electron chi connectivity index (χ2n) is 6.81. The maximum Gasteiger partial charge on any atom is 0.220 e. The van der Waals surface area contributed by atoms with Gasteiger partial charge < -0.3 is 5.32 Å². The number of hydrogen-bond acceptors (Lipinski definition) is 3. The molecule has 1 aromatic rings. The summed E-state index contributed by atoms with van der Waals surface area (Å²) in [5.41, 5.74) is 2.61. The Labute approximate surface area is 138 Å². The van der Waals surface area contributed by atoms with Gasteiger partial charge in [0, 0.05) is 26.6 Å². The molecule has 1 aliphatic carbocycles. The van der Waals surface area contributed by atoms with E-state index in [0.717, 1.165) is 19.3 Å². The van der Waals surface area contributed by atoms with Crippen molar-refractivity contribution >= 4 is 15.9 Å². The van der Waals surface area contributed by atoms with Crippen LogP contribution in [-0.4, -0.2) is 45.0 Å². The van der Waals surface area contributed by atoms with Crippen LogP contribution < -0.4 is 5.32 Å². The average molecular weight is 336 g/mol. The second kappa shape index (κ2) is 5.91. The number of carbonyl (C=O) groups is 1. The van der Waals surface area contributed by atoms with Crippen LogP contribution >= 0.6 is 0 Å². The summed E-state index contributed by atoms with van der Waals surface area (Å²) in [7, 11) is -1.45. The number of amides is 1. The number of carbonyl (C=O) groups excluding carboxylic acids is 1. The van der Waals surface area contributed by atoms with Gasteiger partial charge in [-0.05, 0) is 41.7 Å². The Bertz CT molecular complexity index is 706. The third-order valence-electron chi connectivity index (χ3n) is 5.47. The Kier molecular flexibility index (Phi) is 4.23. The normalized spacial score (nSPS) is 23.7. The number of nitrogens with one attached hydrogen (secondary N) is 1. The van der Waals surface area contributed by atoms with Crippen molar-refractivity contribution < 1.29 is 13.2 Å². The molecular weight excluding hydrogens is 312 g/mol. The van der Waals surface area contributed by atoms with E-state index in [2.05, 4.69) is 17.4 Å². The maximum atomic E-state index is 11.8. The third-order valence-corrected chi connectivity index (χ3v) is 6.77. The van der Waals surface area contributed by atoms with Crippen molar-refractivity contribution in [3.05, 3.63) is 35.4 Å². The topological polar surface area (TPSA) is 66.5 Å². The molecular formula is C17H24N2O3S. The van der Waals surface area contributed by atoms with E-state index in [0.29, 0.717) is 19.5 Å². The summed E-state index contributed by atoms with van der Waals surface area (Å²) < 4.78 is 25.1.